The molecule has 0 spiro atoms. The highest BCUT2D eigenvalue weighted by atomic mass is 16.5. The van der Waals surface area contributed by atoms with Crippen LogP contribution in [0.1, 0.15) is 39.5 Å². The van der Waals surface area contributed by atoms with Gasteiger partial charge in [0.2, 0.25) is 0 Å². The number of methoxy groups -OCH3 is 1. The van der Waals surface area contributed by atoms with Crippen molar-refractivity contribution >= 4 is 5.97 Å². The number of esters is 1. The maximum atomic E-state index is 11.7. The molecular formula is C13H25NO3. The summed E-state index contributed by atoms with van der Waals surface area (Å²) in [7, 11) is 1.39. The Hall–Kier alpha value is -0.610. The van der Waals surface area contributed by atoms with E-state index in [1.165, 1.54) is 7.11 Å². The molecule has 1 saturated heterocycles. The summed E-state index contributed by atoms with van der Waals surface area (Å²) < 4.78 is 4.80. The third-order valence-electron chi connectivity index (χ3n) is 3.93. The van der Waals surface area contributed by atoms with Gasteiger partial charge in [0.25, 0.3) is 0 Å². The molecule has 1 aliphatic rings. The lowest BCUT2D eigenvalue weighted by Gasteiger charge is -2.33. The number of hydrogen-bond acceptors (Lipinski definition) is 4. The molecule has 1 N–H and O–H groups in total. The molecule has 0 aromatic carbocycles. The van der Waals surface area contributed by atoms with E-state index in [2.05, 4.69) is 11.8 Å². The Bertz CT molecular complexity index is 257. The number of ether oxygens (including phenoxy) is 1. The van der Waals surface area contributed by atoms with E-state index in [0.29, 0.717) is 19.3 Å². The second-order valence-corrected chi connectivity index (χ2v) is 4.88. The van der Waals surface area contributed by atoms with Crippen molar-refractivity contribution in [3.8, 4) is 0 Å². The second-order valence-electron chi connectivity index (χ2n) is 4.88. The highest BCUT2D eigenvalue weighted by Crippen LogP contribution is 2.32. The first-order valence-electron chi connectivity index (χ1n) is 6.60. The quantitative estimate of drug-likeness (QED) is 0.759. The molecule has 4 nitrogen and oxygen atoms in total. The van der Waals surface area contributed by atoms with Gasteiger partial charge in [-0.05, 0) is 38.8 Å². The van der Waals surface area contributed by atoms with E-state index in [9.17, 15) is 9.90 Å². The monoisotopic (exact) mass is 243 g/mol. The van der Waals surface area contributed by atoms with Crippen molar-refractivity contribution in [3.05, 3.63) is 0 Å². The van der Waals surface area contributed by atoms with Crippen molar-refractivity contribution in [1.29, 1.82) is 0 Å². The predicted octanol–water partition coefficient (Wildman–Crippen LogP) is 1.42. The largest absolute Gasteiger partial charge is 0.469 e. The van der Waals surface area contributed by atoms with Crippen LogP contribution >= 0.6 is 0 Å². The van der Waals surface area contributed by atoms with Crippen molar-refractivity contribution in [2.24, 2.45) is 5.92 Å². The van der Waals surface area contributed by atoms with Crippen LogP contribution in [-0.2, 0) is 9.53 Å². The van der Waals surface area contributed by atoms with Crippen LogP contribution in [0.15, 0.2) is 0 Å². The molecule has 1 heterocycles. The Morgan fingerprint density at radius 2 is 2.12 bits per heavy atom. The van der Waals surface area contributed by atoms with Gasteiger partial charge >= 0.3 is 5.97 Å². The summed E-state index contributed by atoms with van der Waals surface area (Å²) >= 11 is 0. The molecule has 100 valence electrons. The summed E-state index contributed by atoms with van der Waals surface area (Å²) in [5, 5.41) is 10.7. The van der Waals surface area contributed by atoms with Crippen LogP contribution in [0.3, 0.4) is 0 Å². The fourth-order valence-electron chi connectivity index (χ4n) is 2.77. The smallest absolute Gasteiger partial charge is 0.311 e. The lowest BCUT2D eigenvalue weighted by molar-refractivity contribution is -0.157. The Labute approximate surface area is 104 Å². The number of likely N-dealkylation sites (tertiary alicyclic amines) is 1. The molecule has 0 aromatic heterocycles. The van der Waals surface area contributed by atoms with Crippen LogP contribution in [0.25, 0.3) is 0 Å². The first-order valence-corrected chi connectivity index (χ1v) is 6.60. The van der Waals surface area contributed by atoms with Crippen LogP contribution in [0.4, 0.5) is 0 Å². The minimum atomic E-state index is -0.883. The van der Waals surface area contributed by atoms with Gasteiger partial charge in [0.15, 0.2) is 0 Å². The average molecular weight is 243 g/mol. The van der Waals surface area contributed by atoms with Gasteiger partial charge in [-0.15, -0.1) is 0 Å². The van der Waals surface area contributed by atoms with Crippen LogP contribution in [-0.4, -0.2) is 48.3 Å². The number of hydrogen-bond donors (Lipinski definition) is 1. The normalized spacial score (nSPS) is 28.5. The second kappa shape index (κ2) is 6.36. The SMILES string of the molecule is CCC(C(=O)OC)C1(O)CCCN(CC)CC1. The molecule has 1 rings (SSSR count). The van der Waals surface area contributed by atoms with E-state index >= 15 is 0 Å². The van der Waals surface area contributed by atoms with Crippen LogP contribution in [0, 0.1) is 5.92 Å². The lowest BCUT2D eigenvalue weighted by Crippen LogP contribution is -2.43. The van der Waals surface area contributed by atoms with Gasteiger partial charge in [-0.3, -0.25) is 4.79 Å². The Balaban J connectivity index is 2.74. The zero-order valence-electron chi connectivity index (χ0n) is 11.2. The van der Waals surface area contributed by atoms with Gasteiger partial charge in [-0.2, -0.15) is 0 Å². The summed E-state index contributed by atoms with van der Waals surface area (Å²) in [5.41, 5.74) is -0.883. The molecule has 0 aromatic rings. The molecule has 1 fully saturated rings. The van der Waals surface area contributed by atoms with E-state index in [0.717, 1.165) is 26.1 Å². The van der Waals surface area contributed by atoms with Gasteiger partial charge in [0, 0.05) is 6.54 Å². The molecule has 4 heteroatoms. The summed E-state index contributed by atoms with van der Waals surface area (Å²) in [6, 6.07) is 0. The number of nitrogens with zero attached hydrogens (tertiary/aromatic N) is 1. The third-order valence-corrected chi connectivity index (χ3v) is 3.93. The average Bonchev–Trinajstić information content (AvgIpc) is 2.52. The fourth-order valence-corrected chi connectivity index (χ4v) is 2.77. The highest BCUT2D eigenvalue weighted by Gasteiger charge is 2.41. The van der Waals surface area contributed by atoms with Crippen molar-refractivity contribution in [1.82, 2.24) is 4.90 Å². The lowest BCUT2D eigenvalue weighted by atomic mass is 9.80. The van der Waals surface area contributed by atoms with Crippen molar-refractivity contribution in [2.75, 3.05) is 26.7 Å². The van der Waals surface area contributed by atoms with E-state index in [1.54, 1.807) is 0 Å². The van der Waals surface area contributed by atoms with E-state index in [1.807, 2.05) is 6.92 Å². The molecule has 2 unspecified atom stereocenters. The minimum absolute atomic E-state index is 0.278. The zero-order chi connectivity index (χ0) is 12.9. The molecule has 0 radical (unpaired) electrons. The van der Waals surface area contributed by atoms with Gasteiger partial charge in [0.05, 0.1) is 18.6 Å². The summed E-state index contributed by atoms with van der Waals surface area (Å²) in [4.78, 5) is 14.0. The van der Waals surface area contributed by atoms with Crippen molar-refractivity contribution < 1.29 is 14.6 Å². The first-order chi connectivity index (χ1) is 8.07. The van der Waals surface area contributed by atoms with Crippen LogP contribution in [0.2, 0.25) is 0 Å². The number of aliphatic hydroxyl groups is 1. The van der Waals surface area contributed by atoms with Crippen LogP contribution < -0.4 is 0 Å². The Kier molecular flexibility index (Phi) is 5.40. The molecule has 0 bridgehead atoms. The molecule has 2 atom stereocenters. The minimum Gasteiger partial charge on any atom is -0.469 e. The van der Waals surface area contributed by atoms with Crippen molar-refractivity contribution in [3.63, 3.8) is 0 Å². The third kappa shape index (κ3) is 3.42. The zero-order valence-corrected chi connectivity index (χ0v) is 11.2. The number of carbonyl (C=O) groups is 1. The highest BCUT2D eigenvalue weighted by molar-refractivity contribution is 5.73. The summed E-state index contributed by atoms with van der Waals surface area (Å²) in [6.45, 7) is 6.94. The first kappa shape index (κ1) is 14.5. The Morgan fingerprint density at radius 1 is 1.41 bits per heavy atom. The van der Waals surface area contributed by atoms with Crippen molar-refractivity contribution in [2.45, 2.75) is 45.1 Å². The molecule has 0 aliphatic carbocycles. The van der Waals surface area contributed by atoms with E-state index in [-0.39, 0.29) is 11.9 Å². The summed E-state index contributed by atoms with van der Waals surface area (Å²) in [6.07, 6.45) is 2.93. The fraction of sp³-hybridized carbons (Fsp3) is 0.923. The predicted molar refractivity (Wildman–Crippen MR) is 66.7 cm³/mol. The van der Waals surface area contributed by atoms with Gasteiger partial charge in [-0.1, -0.05) is 13.8 Å². The topological polar surface area (TPSA) is 49.8 Å². The van der Waals surface area contributed by atoms with E-state index in [4.69, 9.17) is 4.74 Å². The van der Waals surface area contributed by atoms with Gasteiger partial charge in [0.1, 0.15) is 0 Å². The number of rotatable bonds is 4. The molecule has 0 saturated carbocycles. The number of carbonyl (C=O) groups excluding carboxylic acids is 1. The molecule has 1 aliphatic heterocycles. The maximum absolute atomic E-state index is 11.7. The van der Waals surface area contributed by atoms with Gasteiger partial charge < -0.3 is 14.7 Å². The van der Waals surface area contributed by atoms with Gasteiger partial charge in [-0.25, -0.2) is 0 Å². The van der Waals surface area contributed by atoms with E-state index < -0.39 is 5.60 Å². The van der Waals surface area contributed by atoms with Crippen LogP contribution in [0.5, 0.6) is 0 Å². The Morgan fingerprint density at radius 3 is 2.65 bits per heavy atom. The molecule has 0 amide bonds. The molecular weight excluding hydrogens is 218 g/mol. The molecule has 17 heavy (non-hydrogen) atoms. The summed E-state index contributed by atoms with van der Waals surface area (Å²) in [5.74, 6) is -0.663. The maximum Gasteiger partial charge on any atom is 0.311 e. The standard InChI is InChI=1S/C13H25NO3/c1-4-11(12(15)17-3)13(16)7-6-9-14(5-2)10-8-13/h11,16H,4-10H2,1-3H3.